The summed E-state index contributed by atoms with van der Waals surface area (Å²) in [5.41, 5.74) is 2.79. The topological polar surface area (TPSA) is 9.23 Å². The van der Waals surface area contributed by atoms with Gasteiger partial charge in [-0.2, -0.15) is 0 Å². The van der Waals surface area contributed by atoms with Gasteiger partial charge in [-0.25, -0.2) is 0 Å². The molecule has 1 aromatic carbocycles. The van der Waals surface area contributed by atoms with Crippen molar-refractivity contribution in [3.63, 3.8) is 0 Å². The SMILES string of the molecule is COc1ccc(C2CCCCC(Cl)C2)c(C)c1. The van der Waals surface area contributed by atoms with Crippen LogP contribution in [0, 0.1) is 6.92 Å². The number of ether oxygens (including phenoxy) is 1. The van der Waals surface area contributed by atoms with Crippen molar-refractivity contribution >= 4 is 11.6 Å². The highest BCUT2D eigenvalue weighted by Gasteiger charge is 2.21. The lowest BCUT2D eigenvalue weighted by Crippen LogP contribution is -2.06. The standard InChI is InChI=1S/C15H21ClO/c1-11-9-14(17-2)7-8-15(11)12-5-3-4-6-13(16)10-12/h7-9,12-13H,3-6,10H2,1-2H3. The fourth-order valence-electron chi connectivity index (χ4n) is 2.82. The lowest BCUT2D eigenvalue weighted by Gasteiger charge is -2.19. The monoisotopic (exact) mass is 252 g/mol. The van der Waals surface area contributed by atoms with Crippen molar-refractivity contribution in [3.8, 4) is 5.75 Å². The van der Waals surface area contributed by atoms with E-state index in [2.05, 4.69) is 25.1 Å². The third kappa shape index (κ3) is 3.16. The van der Waals surface area contributed by atoms with E-state index in [4.69, 9.17) is 16.3 Å². The van der Waals surface area contributed by atoms with Crippen molar-refractivity contribution in [2.45, 2.75) is 50.3 Å². The van der Waals surface area contributed by atoms with E-state index in [-0.39, 0.29) is 0 Å². The number of hydrogen-bond acceptors (Lipinski definition) is 1. The molecule has 17 heavy (non-hydrogen) atoms. The van der Waals surface area contributed by atoms with E-state index in [9.17, 15) is 0 Å². The van der Waals surface area contributed by atoms with Gasteiger partial charge in [-0.05, 0) is 55.4 Å². The van der Waals surface area contributed by atoms with Gasteiger partial charge in [0.25, 0.3) is 0 Å². The Bertz CT molecular complexity index is 375. The summed E-state index contributed by atoms with van der Waals surface area (Å²) in [6, 6.07) is 6.41. The molecule has 1 fully saturated rings. The van der Waals surface area contributed by atoms with Crippen molar-refractivity contribution in [1.29, 1.82) is 0 Å². The molecule has 1 saturated carbocycles. The van der Waals surface area contributed by atoms with E-state index >= 15 is 0 Å². The van der Waals surface area contributed by atoms with Gasteiger partial charge in [-0.15, -0.1) is 11.6 Å². The second-order valence-electron chi connectivity index (χ2n) is 5.04. The maximum Gasteiger partial charge on any atom is 0.119 e. The molecule has 0 saturated heterocycles. The summed E-state index contributed by atoms with van der Waals surface area (Å²) < 4.78 is 5.26. The molecular weight excluding hydrogens is 232 g/mol. The summed E-state index contributed by atoms with van der Waals surface area (Å²) in [4.78, 5) is 0. The van der Waals surface area contributed by atoms with E-state index in [1.54, 1.807) is 7.11 Å². The van der Waals surface area contributed by atoms with E-state index < -0.39 is 0 Å². The molecule has 0 spiro atoms. The Balaban J connectivity index is 2.20. The summed E-state index contributed by atoms with van der Waals surface area (Å²) in [6.07, 6.45) is 6.15. The fraction of sp³-hybridized carbons (Fsp3) is 0.600. The third-order valence-corrected chi connectivity index (χ3v) is 4.17. The van der Waals surface area contributed by atoms with Crippen LogP contribution in [0.2, 0.25) is 0 Å². The average Bonchev–Trinajstić information content (AvgIpc) is 2.53. The summed E-state index contributed by atoms with van der Waals surface area (Å²) >= 11 is 6.35. The zero-order valence-electron chi connectivity index (χ0n) is 10.7. The predicted molar refractivity (Wildman–Crippen MR) is 73.2 cm³/mol. The highest BCUT2D eigenvalue weighted by molar-refractivity contribution is 6.20. The minimum atomic E-state index is 0.351. The fourth-order valence-corrected chi connectivity index (χ4v) is 3.19. The smallest absolute Gasteiger partial charge is 0.119 e. The lowest BCUT2D eigenvalue weighted by atomic mass is 9.88. The van der Waals surface area contributed by atoms with Gasteiger partial charge in [0.15, 0.2) is 0 Å². The Morgan fingerprint density at radius 3 is 2.71 bits per heavy atom. The number of alkyl halides is 1. The highest BCUT2D eigenvalue weighted by atomic mass is 35.5. The van der Waals surface area contributed by atoms with Crippen molar-refractivity contribution in [3.05, 3.63) is 29.3 Å². The maximum absolute atomic E-state index is 6.35. The van der Waals surface area contributed by atoms with Gasteiger partial charge in [-0.1, -0.05) is 18.9 Å². The molecule has 1 aromatic rings. The van der Waals surface area contributed by atoms with Crippen LogP contribution >= 0.6 is 11.6 Å². The molecule has 1 nitrogen and oxygen atoms in total. The van der Waals surface area contributed by atoms with Crippen LogP contribution < -0.4 is 4.74 Å². The number of halogens is 1. The van der Waals surface area contributed by atoms with Crippen molar-refractivity contribution in [2.75, 3.05) is 7.11 Å². The van der Waals surface area contributed by atoms with Crippen LogP contribution in [0.15, 0.2) is 18.2 Å². The Hall–Kier alpha value is -0.690. The molecule has 0 heterocycles. The van der Waals surface area contributed by atoms with Gasteiger partial charge >= 0.3 is 0 Å². The van der Waals surface area contributed by atoms with Gasteiger partial charge in [0, 0.05) is 5.38 Å². The molecule has 2 atom stereocenters. The van der Waals surface area contributed by atoms with Gasteiger partial charge in [0.1, 0.15) is 5.75 Å². The minimum absolute atomic E-state index is 0.351. The van der Waals surface area contributed by atoms with E-state index in [0.717, 1.165) is 12.2 Å². The van der Waals surface area contributed by atoms with Crippen molar-refractivity contribution < 1.29 is 4.74 Å². The summed E-state index contributed by atoms with van der Waals surface area (Å²) in [6.45, 7) is 2.17. The first-order valence-electron chi connectivity index (χ1n) is 6.49. The van der Waals surface area contributed by atoms with E-state index in [1.165, 1.54) is 36.8 Å². The first kappa shape index (κ1) is 12.8. The Labute approximate surface area is 109 Å². The van der Waals surface area contributed by atoms with Crippen molar-refractivity contribution in [2.24, 2.45) is 0 Å². The molecule has 0 amide bonds. The van der Waals surface area contributed by atoms with Gasteiger partial charge in [0.2, 0.25) is 0 Å². The third-order valence-electron chi connectivity index (χ3n) is 3.78. The molecule has 94 valence electrons. The Morgan fingerprint density at radius 1 is 1.24 bits per heavy atom. The normalized spacial score (nSPS) is 25.4. The van der Waals surface area contributed by atoms with Crippen LogP contribution in [0.4, 0.5) is 0 Å². The lowest BCUT2D eigenvalue weighted by molar-refractivity contribution is 0.414. The average molecular weight is 253 g/mol. The molecule has 2 unspecified atom stereocenters. The molecule has 2 rings (SSSR count). The molecule has 1 aliphatic carbocycles. The first-order chi connectivity index (χ1) is 8.20. The molecule has 1 aliphatic rings. The van der Waals surface area contributed by atoms with Crippen LogP contribution in [-0.4, -0.2) is 12.5 Å². The molecular formula is C15H21ClO. The van der Waals surface area contributed by atoms with Crippen LogP contribution in [0.3, 0.4) is 0 Å². The Kier molecular flexibility index (Phi) is 4.33. The molecule has 2 heteroatoms. The predicted octanol–water partition coefficient (Wildman–Crippen LogP) is 4.66. The number of rotatable bonds is 2. The zero-order valence-corrected chi connectivity index (χ0v) is 11.5. The molecule has 0 N–H and O–H groups in total. The number of hydrogen-bond donors (Lipinski definition) is 0. The quantitative estimate of drug-likeness (QED) is 0.550. The van der Waals surface area contributed by atoms with Crippen LogP contribution in [0.1, 0.15) is 49.1 Å². The van der Waals surface area contributed by atoms with Crippen LogP contribution in [0.5, 0.6) is 5.75 Å². The molecule has 0 aromatic heterocycles. The van der Waals surface area contributed by atoms with E-state index in [1.807, 2.05) is 0 Å². The summed E-state index contributed by atoms with van der Waals surface area (Å²) in [7, 11) is 1.72. The Morgan fingerprint density at radius 2 is 2.00 bits per heavy atom. The van der Waals surface area contributed by atoms with Gasteiger partial charge < -0.3 is 4.74 Å². The maximum atomic E-state index is 6.35. The van der Waals surface area contributed by atoms with Crippen LogP contribution in [-0.2, 0) is 0 Å². The molecule has 0 radical (unpaired) electrons. The number of methoxy groups -OCH3 is 1. The zero-order chi connectivity index (χ0) is 12.3. The molecule has 0 aliphatic heterocycles. The van der Waals surface area contributed by atoms with Crippen LogP contribution in [0.25, 0.3) is 0 Å². The van der Waals surface area contributed by atoms with Gasteiger partial charge in [0.05, 0.1) is 7.11 Å². The van der Waals surface area contributed by atoms with Crippen molar-refractivity contribution in [1.82, 2.24) is 0 Å². The largest absolute Gasteiger partial charge is 0.497 e. The van der Waals surface area contributed by atoms with Gasteiger partial charge in [-0.3, -0.25) is 0 Å². The first-order valence-corrected chi connectivity index (χ1v) is 6.93. The minimum Gasteiger partial charge on any atom is -0.497 e. The number of aryl methyl sites for hydroxylation is 1. The second kappa shape index (κ2) is 5.77. The molecule has 0 bridgehead atoms. The summed E-state index contributed by atoms with van der Waals surface area (Å²) in [5.74, 6) is 1.58. The summed E-state index contributed by atoms with van der Waals surface area (Å²) in [5, 5.41) is 0.351. The second-order valence-corrected chi connectivity index (χ2v) is 5.65. The number of benzene rings is 1. The highest BCUT2D eigenvalue weighted by Crippen LogP contribution is 2.36. The van der Waals surface area contributed by atoms with E-state index in [0.29, 0.717) is 11.3 Å².